The zero-order chi connectivity index (χ0) is 12.7. The molecule has 0 aliphatic carbocycles. The van der Waals surface area contributed by atoms with Crippen LogP contribution in [-0.2, 0) is 11.4 Å². The lowest BCUT2D eigenvalue weighted by molar-refractivity contribution is 0.0186. The van der Waals surface area contributed by atoms with Gasteiger partial charge in [-0.1, -0.05) is 13.8 Å². The summed E-state index contributed by atoms with van der Waals surface area (Å²) in [6, 6.07) is 1.76. The van der Waals surface area contributed by atoms with Crippen molar-refractivity contribution in [3.63, 3.8) is 0 Å². The Morgan fingerprint density at radius 1 is 1.29 bits per heavy atom. The van der Waals surface area contributed by atoms with Crippen LogP contribution in [0.5, 0.6) is 11.5 Å². The molecule has 0 bridgehead atoms. The second-order valence-electron chi connectivity index (χ2n) is 4.02. The molecule has 0 aromatic carbocycles. The molecule has 0 aliphatic rings. The number of nitrogens with one attached hydrogen (secondary N) is 1. The molecular formula is C12H20N2O3. The Labute approximate surface area is 102 Å². The van der Waals surface area contributed by atoms with Crippen LogP contribution in [0.25, 0.3) is 0 Å². The third kappa shape index (κ3) is 4.20. The number of rotatable bonds is 7. The molecule has 0 unspecified atom stereocenters. The number of nitrogens with zero attached hydrogens (tertiary/aromatic N) is 1. The third-order valence-electron chi connectivity index (χ3n) is 2.12. The van der Waals surface area contributed by atoms with Crippen molar-refractivity contribution in [3.05, 3.63) is 18.0 Å². The number of hydrogen-bond acceptors (Lipinski definition) is 5. The van der Waals surface area contributed by atoms with Crippen LogP contribution in [0.4, 0.5) is 0 Å². The molecule has 1 N–H and O–H groups in total. The number of methoxy groups -OCH3 is 2. The molecule has 0 spiro atoms. The monoisotopic (exact) mass is 240 g/mol. The highest BCUT2D eigenvalue weighted by atomic mass is 16.6. The minimum absolute atomic E-state index is 0.479. The summed E-state index contributed by atoms with van der Waals surface area (Å²) in [5, 5.41) is 0. The smallest absolute Gasteiger partial charge is 0.183 e. The van der Waals surface area contributed by atoms with E-state index in [4.69, 9.17) is 14.3 Å². The number of hydroxylamine groups is 1. The summed E-state index contributed by atoms with van der Waals surface area (Å²) < 4.78 is 10.5. The van der Waals surface area contributed by atoms with Crippen LogP contribution < -0.4 is 15.0 Å². The van der Waals surface area contributed by atoms with Crippen molar-refractivity contribution >= 4 is 0 Å². The topological polar surface area (TPSA) is 52.6 Å². The zero-order valence-electron chi connectivity index (χ0n) is 10.8. The van der Waals surface area contributed by atoms with E-state index in [2.05, 4.69) is 24.3 Å². The van der Waals surface area contributed by atoms with E-state index in [1.165, 1.54) is 0 Å². The van der Waals surface area contributed by atoms with Crippen LogP contribution in [0.15, 0.2) is 12.3 Å². The number of ether oxygens (including phenoxy) is 2. The summed E-state index contributed by atoms with van der Waals surface area (Å²) in [4.78, 5) is 9.51. The van der Waals surface area contributed by atoms with Gasteiger partial charge >= 0.3 is 0 Å². The van der Waals surface area contributed by atoms with Gasteiger partial charge in [-0.25, -0.2) is 0 Å². The van der Waals surface area contributed by atoms with E-state index in [0.29, 0.717) is 30.6 Å². The molecule has 0 atom stereocenters. The molecule has 1 heterocycles. The summed E-state index contributed by atoms with van der Waals surface area (Å²) in [6.45, 7) is 5.32. The van der Waals surface area contributed by atoms with Gasteiger partial charge in [-0.15, -0.1) is 0 Å². The van der Waals surface area contributed by atoms with Gasteiger partial charge in [0.2, 0.25) is 0 Å². The first-order valence-electron chi connectivity index (χ1n) is 5.59. The molecule has 0 aliphatic heterocycles. The lowest BCUT2D eigenvalue weighted by Gasteiger charge is -2.12. The molecular weight excluding hydrogens is 220 g/mol. The van der Waals surface area contributed by atoms with Gasteiger partial charge in [0.15, 0.2) is 11.5 Å². The van der Waals surface area contributed by atoms with Gasteiger partial charge in [0.1, 0.15) is 5.69 Å². The molecule has 0 saturated heterocycles. The Bertz CT molecular complexity index is 343. The molecule has 96 valence electrons. The maximum Gasteiger partial charge on any atom is 0.183 e. The maximum absolute atomic E-state index is 5.29. The molecule has 0 saturated carbocycles. The lowest BCUT2D eigenvalue weighted by atomic mass is 10.2. The summed E-state index contributed by atoms with van der Waals surface area (Å²) >= 11 is 0. The highest BCUT2D eigenvalue weighted by Gasteiger charge is 2.10. The first kappa shape index (κ1) is 13.7. The maximum atomic E-state index is 5.29. The highest BCUT2D eigenvalue weighted by Crippen LogP contribution is 2.28. The Morgan fingerprint density at radius 3 is 2.65 bits per heavy atom. The molecule has 1 aromatic heterocycles. The molecule has 1 rings (SSSR count). The Kier molecular flexibility index (Phi) is 5.72. The van der Waals surface area contributed by atoms with Gasteiger partial charge in [0, 0.05) is 12.3 Å². The largest absolute Gasteiger partial charge is 0.493 e. The highest BCUT2D eigenvalue weighted by molar-refractivity contribution is 5.42. The van der Waals surface area contributed by atoms with Gasteiger partial charge in [-0.3, -0.25) is 4.98 Å². The van der Waals surface area contributed by atoms with Crippen molar-refractivity contribution in [1.29, 1.82) is 0 Å². The van der Waals surface area contributed by atoms with E-state index in [-0.39, 0.29) is 0 Å². The zero-order valence-corrected chi connectivity index (χ0v) is 10.8. The number of hydrogen-bond donors (Lipinski definition) is 1. The fraction of sp³-hybridized carbons (Fsp3) is 0.583. The van der Waals surface area contributed by atoms with Crippen LogP contribution >= 0.6 is 0 Å². The standard InChI is InChI=1S/C12H20N2O3/c1-9(2)8-17-14-7-10-12(16-4)11(15-3)5-6-13-10/h5-6,9,14H,7-8H2,1-4H3. The summed E-state index contributed by atoms with van der Waals surface area (Å²) in [6.07, 6.45) is 1.68. The molecule has 0 fully saturated rings. The Hall–Kier alpha value is -1.33. The van der Waals surface area contributed by atoms with Gasteiger partial charge in [-0.2, -0.15) is 5.48 Å². The average Bonchev–Trinajstić information content (AvgIpc) is 2.33. The number of pyridine rings is 1. The number of aromatic nitrogens is 1. The molecule has 5 heteroatoms. The molecule has 0 radical (unpaired) electrons. The predicted molar refractivity (Wildman–Crippen MR) is 65.0 cm³/mol. The molecule has 5 nitrogen and oxygen atoms in total. The van der Waals surface area contributed by atoms with Crippen LogP contribution in [0.3, 0.4) is 0 Å². The van der Waals surface area contributed by atoms with E-state index >= 15 is 0 Å². The average molecular weight is 240 g/mol. The summed E-state index contributed by atoms with van der Waals surface area (Å²) in [5.41, 5.74) is 3.62. The Balaban J connectivity index is 2.58. The fourth-order valence-electron chi connectivity index (χ4n) is 1.32. The summed E-state index contributed by atoms with van der Waals surface area (Å²) in [5.74, 6) is 1.79. The van der Waals surface area contributed by atoms with Crippen molar-refractivity contribution in [2.24, 2.45) is 5.92 Å². The van der Waals surface area contributed by atoms with E-state index in [1.807, 2.05) is 0 Å². The minimum atomic E-state index is 0.479. The van der Waals surface area contributed by atoms with Crippen LogP contribution in [0, 0.1) is 5.92 Å². The third-order valence-corrected chi connectivity index (χ3v) is 2.12. The van der Waals surface area contributed by atoms with Crippen LogP contribution in [-0.4, -0.2) is 25.8 Å². The van der Waals surface area contributed by atoms with Crippen LogP contribution in [0.1, 0.15) is 19.5 Å². The molecule has 1 aromatic rings. The molecule has 17 heavy (non-hydrogen) atoms. The van der Waals surface area contributed by atoms with E-state index in [9.17, 15) is 0 Å². The van der Waals surface area contributed by atoms with Crippen LogP contribution in [0.2, 0.25) is 0 Å². The predicted octanol–water partition coefficient (Wildman–Crippen LogP) is 1.78. The lowest BCUT2D eigenvalue weighted by Crippen LogP contribution is -2.18. The minimum Gasteiger partial charge on any atom is -0.493 e. The van der Waals surface area contributed by atoms with E-state index < -0.39 is 0 Å². The van der Waals surface area contributed by atoms with Gasteiger partial charge in [-0.05, 0) is 5.92 Å². The van der Waals surface area contributed by atoms with Crippen molar-refractivity contribution in [2.45, 2.75) is 20.4 Å². The fourth-order valence-corrected chi connectivity index (χ4v) is 1.32. The quantitative estimate of drug-likeness (QED) is 0.581. The second kappa shape index (κ2) is 7.09. The first-order valence-corrected chi connectivity index (χ1v) is 5.59. The van der Waals surface area contributed by atoms with Crippen molar-refractivity contribution in [3.8, 4) is 11.5 Å². The van der Waals surface area contributed by atoms with Gasteiger partial charge < -0.3 is 14.3 Å². The SMILES string of the molecule is COc1ccnc(CNOCC(C)C)c1OC. The van der Waals surface area contributed by atoms with Gasteiger partial charge in [0.25, 0.3) is 0 Å². The van der Waals surface area contributed by atoms with Crippen molar-refractivity contribution < 1.29 is 14.3 Å². The first-order chi connectivity index (χ1) is 8.19. The van der Waals surface area contributed by atoms with E-state index in [0.717, 1.165) is 5.69 Å². The van der Waals surface area contributed by atoms with Gasteiger partial charge in [0.05, 0.1) is 27.4 Å². The van der Waals surface area contributed by atoms with Crippen molar-refractivity contribution in [1.82, 2.24) is 10.5 Å². The molecule has 0 amide bonds. The van der Waals surface area contributed by atoms with Crippen molar-refractivity contribution in [2.75, 3.05) is 20.8 Å². The Morgan fingerprint density at radius 2 is 2.06 bits per heavy atom. The normalized spacial score (nSPS) is 10.6. The summed E-state index contributed by atoms with van der Waals surface area (Å²) in [7, 11) is 3.20. The van der Waals surface area contributed by atoms with E-state index in [1.54, 1.807) is 26.5 Å². The second-order valence-corrected chi connectivity index (χ2v) is 4.02.